The molecule has 2 fully saturated rings. The van der Waals surface area contributed by atoms with Crippen LogP contribution >= 0.6 is 0 Å². The maximum absolute atomic E-state index is 12.6. The predicted octanol–water partition coefficient (Wildman–Crippen LogP) is 2.80. The van der Waals surface area contributed by atoms with E-state index in [0.29, 0.717) is 17.9 Å². The number of hydrogen-bond acceptors (Lipinski definition) is 2. The van der Waals surface area contributed by atoms with Crippen molar-refractivity contribution in [3.05, 3.63) is 0 Å². The summed E-state index contributed by atoms with van der Waals surface area (Å²) in [6.45, 7) is 6.79. The summed E-state index contributed by atoms with van der Waals surface area (Å²) in [5.41, 5.74) is 0. The molecule has 2 atom stereocenters. The third-order valence-corrected chi connectivity index (χ3v) is 5.01. The minimum Gasteiger partial charge on any atom is -0.481 e. The van der Waals surface area contributed by atoms with Crippen molar-refractivity contribution in [3.8, 4) is 0 Å². The van der Waals surface area contributed by atoms with Gasteiger partial charge in [-0.25, -0.2) is 4.79 Å². The molecule has 2 amide bonds. The van der Waals surface area contributed by atoms with Crippen LogP contribution in [0.2, 0.25) is 0 Å². The van der Waals surface area contributed by atoms with Gasteiger partial charge in [-0.2, -0.15) is 0 Å². The minimum absolute atomic E-state index is 0.186. The molecule has 0 aliphatic carbocycles. The van der Waals surface area contributed by atoms with E-state index in [4.69, 9.17) is 5.11 Å². The zero-order chi connectivity index (χ0) is 15.4. The van der Waals surface area contributed by atoms with E-state index < -0.39 is 5.97 Å². The average Bonchev–Trinajstić information content (AvgIpc) is 2.47. The van der Waals surface area contributed by atoms with Crippen LogP contribution in [0.5, 0.6) is 0 Å². The van der Waals surface area contributed by atoms with Gasteiger partial charge in [-0.1, -0.05) is 6.92 Å². The van der Waals surface area contributed by atoms with E-state index in [-0.39, 0.29) is 12.5 Å². The fourth-order valence-corrected chi connectivity index (χ4v) is 3.48. The number of aliphatic carboxylic acids is 1. The summed E-state index contributed by atoms with van der Waals surface area (Å²) in [5, 5.41) is 8.74. The molecular formula is C16H28N2O3. The van der Waals surface area contributed by atoms with Gasteiger partial charge in [-0.3, -0.25) is 4.79 Å². The quantitative estimate of drug-likeness (QED) is 0.871. The number of urea groups is 1. The predicted molar refractivity (Wildman–Crippen MR) is 81.1 cm³/mol. The molecule has 5 heteroatoms. The van der Waals surface area contributed by atoms with Crippen LogP contribution in [0.25, 0.3) is 0 Å². The van der Waals surface area contributed by atoms with Gasteiger partial charge in [-0.05, 0) is 50.9 Å². The number of amides is 2. The van der Waals surface area contributed by atoms with Crippen molar-refractivity contribution < 1.29 is 14.7 Å². The SMILES string of the molecule is CC1CCC(C)N(C(=O)N2CCC(CCC(=O)O)CC2)C1. The Morgan fingerprint density at radius 1 is 1.10 bits per heavy atom. The molecule has 0 saturated carbocycles. The molecule has 2 saturated heterocycles. The van der Waals surface area contributed by atoms with E-state index in [1.165, 1.54) is 6.42 Å². The Hall–Kier alpha value is -1.26. The zero-order valence-electron chi connectivity index (χ0n) is 13.3. The summed E-state index contributed by atoms with van der Waals surface area (Å²) < 4.78 is 0. The normalized spacial score (nSPS) is 27.7. The van der Waals surface area contributed by atoms with Crippen molar-refractivity contribution in [2.75, 3.05) is 19.6 Å². The molecule has 0 spiro atoms. The standard InChI is InChI=1S/C16H28N2O3/c1-12-3-4-13(2)18(11-12)16(21)17-9-7-14(8-10-17)5-6-15(19)20/h12-14H,3-11H2,1-2H3,(H,19,20). The lowest BCUT2D eigenvalue weighted by atomic mass is 9.92. The van der Waals surface area contributed by atoms with Gasteiger partial charge in [0, 0.05) is 32.1 Å². The Balaban J connectivity index is 1.81. The van der Waals surface area contributed by atoms with Crippen molar-refractivity contribution in [3.63, 3.8) is 0 Å². The van der Waals surface area contributed by atoms with Crippen molar-refractivity contribution in [1.82, 2.24) is 9.80 Å². The largest absolute Gasteiger partial charge is 0.481 e. The highest BCUT2D eigenvalue weighted by Crippen LogP contribution is 2.26. The highest BCUT2D eigenvalue weighted by atomic mass is 16.4. The Labute approximate surface area is 127 Å². The number of carbonyl (C=O) groups excluding carboxylic acids is 1. The fourth-order valence-electron chi connectivity index (χ4n) is 3.48. The highest BCUT2D eigenvalue weighted by Gasteiger charge is 2.31. The Kier molecular flexibility index (Phi) is 5.48. The highest BCUT2D eigenvalue weighted by molar-refractivity contribution is 5.75. The van der Waals surface area contributed by atoms with Crippen LogP contribution in [0.3, 0.4) is 0 Å². The lowest BCUT2D eigenvalue weighted by Gasteiger charge is -2.41. The Morgan fingerprint density at radius 2 is 1.76 bits per heavy atom. The first kappa shape index (κ1) is 16.1. The summed E-state index contributed by atoms with van der Waals surface area (Å²) in [6, 6.07) is 0.532. The summed E-state index contributed by atoms with van der Waals surface area (Å²) in [5.74, 6) is 0.339. The molecule has 120 valence electrons. The Morgan fingerprint density at radius 3 is 2.38 bits per heavy atom. The number of carboxylic acids is 1. The summed E-state index contributed by atoms with van der Waals surface area (Å²) in [6.07, 6.45) is 5.19. The van der Waals surface area contributed by atoms with E-state index >= 15 is 0 Å². The van der Waals surface area contributed by atoms with Crippen LogP contribution in [0.15, 0.2) is 0 Å². The van der Waals surface area contributed by atoms with Crippen LogP contribution < -0.4 is 0 Å². The fraction of sp³-hybridized carbons (Fsp3) is 0.875. The van der Waals surface area contributed by atoms with E-state index in [1.807, 2.05) is 9.80 Å². The maximum Gasteiger partial charge on any atom is 0.320 e. The number of likely N-dealkylation sites (tertiary alicyclic amines) is 2. The molecule has 2 unspecified atom stereocenters. The Bertz CT molecular complexity index is 378. The molecule has 2 heterocycles. The van der Waals surface area contributed by atoms with Crippen LogP contribution in [-0.2, 0) is 4.79 Å². The number of nitrogens with zero attached hydrogens (tertiary/aromatic N) is 2. The van der Waals surface area contributed by atoms with Crippen LogP contribution in [0.4, 0.5) is 4.79 Å². The van der Waals surface area contributed by atoms with E-state index in [0.717, 1.165) is 45.3 Å². The number of piperidine rings is 2. The van der Waals surface area contributed by atoms with E-state index in [2.05, 4.69) is 13.8 Å². The molecule has 0 bridgehead atoms. The summed E-state index contributed by atoms with van der Waals surface area (Å²) in [4.78, 5) is 27.3. The van der Waals surface area contributed by atoms with Gasteiger partial charge in [0.05, 0.1) is 0 Å². The smallest absolute Gasteiger partial charge is 0.320 e. The van der Waals surface area contributed by atoms with E-state index in [1.54, 1.807) is 0 Å². The van der Waals surface area contributed by atoms with Crippen LogP contribution in [-0.4, -0.2) is 52.6 Å². The lowest BCUT2D eigenvalue weighted by molar-refractivity contribution is -0.137. The number of carbonyl (C=O) groups is 2. The molecule has 2 aliphatic heterocycles. The van der Waals surface area contributed by atoms with Crippen LogP contribution in [0, 0.1) is 11.8 Å². The molecule has 0 aromatic heterocycles. The zero-order valence-corrected chi connectivity index (χ0v) is 13.3. The third-order valence-electron chi connectivity index (χ3n) is 5.01. The lowest BCUT2D eigenvalue weighted by Crippen LogP contribution is -2.52. The van der Waals surface area contributed by atoms with Gasteiger partial charge in [0.25, 0.3) is 0 Å². The second-order valence-corrected chi connectivity index (χ2v) is 6.83. The topological polar surface area (TPSA) is 60.9 Å². The average molecular weight is 296 g/mol. The molecule has 21 heavy (non-hydrogen) atoms. The van der Waals surface area contributed by atoms with Gasteiger partial charge in [0.2, 0.25) is 0 Å². The summed E-state index contributed by atoms with van der Waals surface area (Å²) in [7, 11) is 0. The number of rotatable bonds is 3. The molecule has 0 aromatic carbocycles. The molecule has 2 rings (SSSR count). The molecule has 1 N–H and O–H groups in total. The number of carboxylic acid groups (broad SMARTS) is 1. The molecule has 5 nitrogen and oxygen atoms in total. The molecular weight excluding hydrogens is 268 g/mol. The van der Waals surface area contributed by atoms with Gasteiger partial charge < -0.3 is 14.9 Å². The second-order valence-electron chi connectivity index (χ2n) is 6.83. The van der Waals surface area contributed by atoms with Gasteiger partial charge >= 0.3 is 12.0 Å². The van der Waals surface area contributed by atoms with Gasteiger partial charge in [0.15, 0.2) is 0 Å². The van der Waals surface area contributed by atoms with Crippen molar-refractivity contribution >= 4 is 12.0 Å². The molecule has 0 aromatic rings. The summed E-state index contributed by atoms with van der Waals surface area (Å²) >= 11 is 0. The maximum atomic E-state index is 12.6. The van der Waals surface area contributed by atoms with Crippen molar-refractivity contribution in [1.29, 1.82) is 0 Å². The van der Waals surface area contributed by atoms with Crippen molar-refractivity contribution in [2.45, 2.75) is 58.4 Å². The first-order chi connectivity index (χ1) is 9.97. The van der Waals surface area contributed by atoms with Gasteiger partial charge in [-0.15, -0.1) is 0 Å². The number of hydrogen-bond donors (Lipinski definition) is 1. The third kappa shape index (κ3) is 4.35. The van der Waals surface area contributed by atoms with Crippen molar-refractivity contribution in [2.24, 2.45) is 11.8 Å². The van der Waals surface area contributed by atoms with Gasteiger partial charge in [0.1, 0.15) is 0 Å². The van der Waals surface area contributed by atoms with Crippen LogP contribution in [0.1, 0.15) is 52.4 Å². The molecule has 2 aliphatic rings. The minimum atomic E-state index is -0.718. The molecule has 0 radical (unpaired) electrons. The first-order valence-electron chi connectivity index (χ1n) is 8.24. The van der Waals surface area contributed by atoms with E-state index in [9.17, 15) is 9.59 Å². The monoisotopic (exact) mass is 296 g/mol. The first-order valence-corrected chi connectivity index (χ1v) is 8.24. The second kappa shape index (κ2) is 7.14.